The van der Waals surface area contributed by atoms with Crippen LogP contribution < -0.4 is 19.5 Å². The lowest BCUT2D eigenvalue weighted by Crippen LogP contribution is -2.17. The lowest BCUT2D eigenvalue weighted by atomic mass is 10.1. The minimum Gasteiger partial charge on any atom is -0.497 e. The molecule has 3 rings (SSSR count). The SMILES string of the molecule is COc1cccc(CC(=O)Nc2ccc(OC)c(S(=O)(=O)Nc3ccc(Cl)cc3)c2)c1. The highest BCUT2D eigenvalue weighted by atomic mass is 35.5. The zero-order chi connectivity index (χ0) is 22.4. The monoisotopic (exact) mass is 460 g/mol. The quantitative estimate of drug-likeness (QED) is 0.521. The molecular formula is C22H21ClN2O5S. The first-order chi connectivity index (χ1) is 14.8. The van der Waals surface area contributed by atoms with Gasteiger partial charge in [0.2, 0.25) is 5.91 Å². The minimum atomic E-state index is -3.98. The van der Waals surface area contributed by atoms with Crippen molar-refractivity contribution in [3.8, 4) is 11.5 Å². The van der Waals surface area contributed by atoms with E-state index in [2.05, 4.69) is 10.0 Å². The lowest BCUT2D eigenvalue weighted by Gasteiger charge is -2.14. The summed E-state index contributed by atoms with van der Waals surface area (Å²) >= 11 is 5.85. The Morgan fingerprint density at radius 1 is 0.935 bits per heavy atom. The van der Waals surface area contributed by atoms with Gasteiger partial charge in [0.05, 0.1) is 20.6 Å². The minimum absolute atomic E-state index is 0.105. The van der Waals surface area contributed by atoms with Gasteiger partial charge in [-0.15, -0.1) is 0 Å². The molecule has 0 spiro atoms. The Kier molecular flexibility index (Phi) is 7.04. The summed E-state index contributed by atoms with van der Waals surface area (Å²) in [5, 5.41) is 3.21. The maximum atomic E-state index is 12.9. The molecule has 0 aliphatic carbocycles. The van der Waals surface area contributed by atoms with Crippen molar-refractivity contribution in [2.75, 3.05) is 24.3 Å². The second-order valence-corrected chi connectivity index (χ2v) is 8.64. The van der Waals surface area contributed by atoms with E-state index in [9.17, 15) is 13.2 Å². The molecule has 0 radical (unpaired) electrons. The van der Waals surface area contributed by atoms with Crippen molar-refractivity contribution < 1.29 is 22.7 Å². The number of rotatable bonds is 8. The molecule has 0 saturated carbocycles. The molecule has 3 aromatic carbocycles. The van der Waals surface area contributed by atoms with Gasteiger partial charge in [-0.25, -0.2) is 8.42 Å². The summed E-state index contributed by atoms with van der Waals surface area (Å²) in [6, 6.07) is 17.8. The number of amides is 1. The van der Waals surface area contributed by atoms with Crippen LogP contribution in [0.3, 0.4) is 0 Å². The van der Waals surface area contributed by atoms with Crippen molar-refractivity contribution >= 4 is 38.9 Å². The molecule has 0 saturated heterocycles. The zero-order valence-corrected chi connectivity index (χ0v) is 18.5. The third kappa shape index (κ3) is 5.90. The number of sulfonamides is 1. The molecule has 162 valence electrons. The Morgan fingerprint density at radius 2 is 1.65 bits per heavy atom. The van der Waals surface area contributed by atoms with Crippen LogP contribution in [0.15, 0.2) is 71.6 Å². The Labute approximate surface area is 186 Å². The molecule has 0 aliphatic rings. The molecular weight excluding hydrogens is 440 g/mol. The summed E-state index contributed by atoms with van der Waals surface area (Å²) in [7, 11) is -1.06. The van der Waals surface area contributed by atoms with Crippen LogP contribution >= 0.6 is 11.6 Å². The van der Waals surface area contributed by atoms with Gasteiger partial charge in [0.25, 0.3) is 10.0 Å². The van der Waals surface area contributed by atoms with Crippen molar-refractivity contribution in [2.45, 2.75) is 11.3 Å². The van der Waals surface area contributed by atoms with E-state index in [1.807, 2.05) is 6.07 Å². The molecule has 0 aliphatic heterocycles. The molecule has 0 aromatic heterocycles. The van der Waals surface area contributed by atoms with Gasteiger partial charge in [-0.2, -0.15) is 0 Å². The predicted octanol–water partition coefficient (Wildman–Crippen LogP) is 4.34. The van der Waals surface area contributed by atoms with E-state index < -0.39 is 10.0 Å². The van der Waals surface area contributed by atoms with Gasteiger partial charge in [-0.3, -0.25) is 9.52 Å². The maximum Gasteiger partial charge on any atom is 0.265 e. The Bertz CT molecular complexity index is 1180. The molecule has 0 unspecified atom stereocenters. The second-order valence-electron chi connectivity index (χ2n) is 6.55. The first kappa shape index (κ1) is 22.5. The molecule has 7 nitrogen and oxygen atoms in total. The van der Waals surface area contributed by atoms with Crippen LogP contribution in [0.1, 0.15) is 5.56 Å². The summed E-state index contributed by atoms with van der Waals surface area (Å²) in [6.45, 7) is 0. The summed E-state index contributed by atoms with van der Waals surface area (Å²) in [6.07, 6.45) is 0.105. The Hall–Kier alpha value is -3.23. The molecule has 0 atom stereocenters. The van der Waals surface area contributed by atoms with Crippen molar-refractivity contribution in [3.63, 3.8) is 0 Å². The van der Waals surface area contributed by atoms with Crippen LogP contribution in [0, 0.1) is 0 Å². The third-order valence-corrected chi connectivity index (χ3v) is 5.99. The number of hydrogen-bond acceptors (Lipinski definition) is 5. The summed E-state index contributed by atoms with van der Waals surface area (Å²) in [5.74, 6) is 0.496. The van der Waals surface area contributed by atoms with E-state index in [0.29, 0.717) is 22.1 Å². The number of methoxy groups -OCH3 is 2. The van der Waals surface area contributed by atoms with Crippen LogP contribution in [0.2, 0.25) is 5.02 Å². The van der Waals surface area contributed by atoms with Gasteiger partial charge in [0.15, 0.2) is 0 Å². The molecule has 0 heterocycles. The topological polar surface area (TPSA) is 93.7 Å². The molecule has 0 bridgehead atoms. The fourth-order valence-electron chi connectivity index (χ4n) is 2.87. The first-order valence-corrected chi connectivity index (χ1v) is 11.1. The summed E-state index contributed by atoms with van der Waals surface area (Å²) in [5.41, 5.74) is 1.44. The molecule has 9 heteroatoms. The van der Waals surface area contributed by atoms with Crippen LogP contribution in [0.25, 0.3) is 0 Å². The zero-order valence-electron chi connectivity index (χ0n) is 16.9. The van der Waals surface area contributed by atoms with Crippen LogP contribution in [-0.4, -0.2) is 28.5 Å². The number of carbonyl (C=O) groups is 1. The maximum absolute atomic E-state index is 12.9. The van der Waals surface area contributed by atoms with Gasteiger partial charge in [-0.1, -0.05) is 23.7 Å². The summed E-state index contributed by atoms with van der Waals surface area (Å²) < 4.78 is 38.7. The standard InChI is InChI=1S/C22H21ClN2O5S/c1-29-19-5-3-4-15(12-19)13-22(26)24-18-10-11-20(30-2)21(14-18)31(27,28)25-17-8-6-16(23)7-9-17/h3-12,14,25H,13H2,1-2H3,(H,24,26). The van der Waals surface area contributed by atoms with E-state index in [1.54, 1.807) is 55.6 Å². The lowest BCUT2D eigenvalue weighted by molar-refractivity contribution is -0.115. The second kappa shape index (κ2) is 9.72. The average Bonchev–Trinajstić information content (AvgIpc) is 2.75. The highest BCUT2D eigenvalue weighted by Crippen LogP contribution is 2.29. The summed E-state index contributed by atoms with van der Waals surface area (Å²) in [4.78, 5) is 12.4. The molecule has 3 aromatic rings. The normalized spacial score (nSPS) is 10.9. The molecule has 2 N–H and O–H groups in total. The molecule has 0 fully saturated rings. The van der Waals surface area contributed by atoms with Gasteiger partial charge in [0.1, 0.15) is 16.4 Å². The van der Waals surface area contributed by atoms with Crippen LogP contribution in [0.4, 0.5) is 11.4 Å². The first-order valence-electron chi connectivity index (χ1n) is 9.20. The van der Waals surface area contributed by atoms with E-state index in [1.165, 1.54) is 19.2 Å². The van der Waals surface area contributed by atoms with Crippen molar-refractivity contribution in [3.05, 3.63) is 77.3 Å². The molecule has 1 amide bonds. The predicted molar refractivity (Wildman–Crippen MR) is 121 cm³/mol. The van der Waals surface area contributed by atoms with Gasteiger partial charge in [-0.05, 0) is 60.2 Å². The van der Waals surface area contributed by atoms with Gasteiger partial charge in [0, 0.05) is 16.4 Å². The fraction of sp³-hybridized carbons (Fsp3) is 0.136. The fourth-order valence-corrected chi connectivity index (χ4v) is 4.25. The number of carbonyl (C=O) groups excluding carboxylic acids is 1. The van der Waals surface area contributed by atoms with E-state index >= 15 is 0 Å². The largest absolute Gasteiger partial charge is 0.497 e. The van der Waals surface area contributed by atoms with Crippen LogP contribution in [-0.2, 0) is 21.2 Å². The smallest absolute Gasteiger partial charge is 0.265 e. The van der Waals surface area contributed by atoms with E-state index in [0.717, 1.165) is 5.56 Å². The Morgan fingerprint density at radius 3 is 2.32 bits per heavy atom. The number of benzene rings is 3. The van der Waals surface area contributed by atoms with E-state index in [4.69, 9.17) is 21.1 Å². The number of hydrogen-bond donors (Lipinski definition) is 2. The highest BCUT2D eigenvalue weighted by molar-refractivity contribution is 7.92. The van der Waals surface area contributed by atoms with E-state index in [-0.39, 0.29) is 23.0 Å². The number of halogens is 1. The highest BCUT2D eigenvalue weighted by Gasteiger charge is 2.21. The van der Waals surface area contributed by atoms with Crippen molar-refractivity contribution in [1.29, 1.82) is 0 Å². The van der Waals surface area contributed by atoms with Crippen molar-refractivity contribution in [2.24, 2.45) is 0 Å². The number of nitrogens with one attached hydrogen (secondary N) is 2. The third-order valence-electron chi connectivity index (χ3n) is 4.33. The average molecular weight is 461 g/mol. The number of anilines is 2. The van der Waals surface area contributed by atoms with Gasteiger partial charge < -0.3 is 14.8 Å². The number of ether oxygens (including phenoxy) is 2. The van der Waals surface area contributed by atoms with Gasteiger partial charge >= 0.3 is 0 Å². The Balaban J connectivity index is 1.80. The molecule has 31 heavy (non-hydrogen) atoms. The van der Waals surface area contributed by atoms with Crippen LogP contribution in [0.5, 0.6) is 11.5 Å². The van der Waals surface area contributed by atoms with Crippen molar-refractivity contribution in [1.82, 2.24) is 0 Å².